The summed E-state index contributed by atoms with van der Waals surface area (Å²) in [5, 5.41) is 0. The summed E-state index contributed by atoms with van der Waals surface area (Å²) in [6.07, 6.45) is 0. The minimum atomic E-state index is -1.69. The van der Waals surface area contributed by atoms with Gasteiger partial charge in [0, 0.05) is 0 Å². The SMILES string of the molecule is CC(C)(C)ONC(C(=C=O)c1ccccc1)[Si](C)(C)C. The third-order valence-corrected chi connectivity index (χ3v) is 4.97. The van der Waals surface area contributed by atoms with Gasteiger partial charge in [-0.2, -0.15) is 5.48 Å². The molecule has 1 aromatic carbocycles. The van der Waals surface area contributed by atoms with Crippen LogP contribution >= 0.6 is 0 Å². The van der Waals surface area contributed by atoms with Gasteiger partial charge in [0.15, 0.2) is 0 Å². The maximum atomic E-state index is 11.5. The largest absolute Gasteiger partial charge is 0.296 e. The Morgan fingerprint density at radius 2 is 1.75 bits per heavy atom. The van der Waals surface area contributed by atoms with E-state index in [9.17, 15) is 4.79 Å². The molecule has 1 atom stereocenters. The average molecular weight is 291 g/mol. The fourth-order valence-corrected chi connectivity index (χ4v) is 3.31. The fraction of sp³-hybridized carbons (Fsp3) is 0.500. The molecule has 0 saturated carbocycles. The van der Waals surface area contributed by atoms with Crippen molar-refractivity contribution in [3.05, 3.63) is 35.9 Å². The van der Waals surface area contributed by atoms with E-state index in [-0.39, 0.29) is 11.3 Å². The van der Waals surface area contributed by atoms with Crippen LogP contribution in [0.5, 0.6) is 0 Å². The molecule has 1 unspecified atom stereocenters. The molecule has 1 aromatic rings. The molecule has 3 nitrogen and oxygen atoms in total. The molecule has 0 fully saturated rings. The molecule has 0 bridgehead atoms. The van der Waals surface area contributed by atoms with Crippen LogP contribution in [0.2, 0.25) is 19.6 Å². The number of rotatable bonds is 5. The lowest BCUT2D eigenvalue weighted by Crippen LogP contribution is -2.51. The summed E-state index contributed by atoms with van der Waals surface area (Å²) in [6, 6.07) is 9.67. The number of hydrogen-bond donors (Lipinski definition) is 1. The Bertz CT molecular complexity index is 479. The first-order chi connectivity index (χ1) is 9.15. The quantitative estimate of drug-likeness (QED) is 0.513. The van der Waals surface area contributed by atoms with Gasteiger partial charge in [-0.3, -0.25) is 4.84 Å². The first kappa shape index (κ1) is 16.9. The monoisotopic (exact) mass is 291 g/mol. The van der Waals surface area contributed by atoms with Gasteiger partial charge in [0.2, 0.25) is 0 Å². The van der Waals surface area contributed by atoms with E-state index in [2.05, 4.69) is 31.1 Å². The van der Waals surface area contributed by atoms with Gasteiger partial charge in [-0.05, 0) is 26.3 Å². The Hall–Kier alpha value is -1.19. The second-order valence-electron chi connectivity index (χ2n) is 7.01. The van der Waals surface area contributed by atoms with Crippen molar-refractivity contribution in [3.63, 3.8) is 0 Å². The van der Waals surface area contributed by atoms with Crippen LogP contribution in [0.4, 0.5) is 0 Å². The molecule has 0 aromatic heterocycles. The first-order valence-electron chi connectivity index (χ1n) is 6.89. The van der Waals surface area contributed by atoms with Crippen molar-refractivity contribution in [2.24, 2.45) is 0 Å². The molecule has 0 aliphatic heterocycles. The van der Waals surface area contributed by atoms with E-state index in [1.54, 1.807) is 0 Å². The smallest absolute Gasteiger partial charge is 0.129 e. The van der Waals surface area contributed by atoms with Gasteiger partial charge in [0.25, 0.3) is 0 Å². The lowest BCUT2D eigenvalue weighted by molar-refractivity contribution is -0.0728. The van der Waals surface area contributed by atoms with Crippen molar-refractivity contribution in [1.82, 2.24) is 5.48 Å². The van der Waals surface area contributed by atoms with Gasteiger partial charge in [0.1, 0.15) is 5.94 Å². The van der Waals surface area contributed by atoms with Crippen LogP contribution in [0, 0.1) is 0 Å². The topological polar surface area (TPSA) is 38.3 Å². The predicted octanol–water partition coefficient (Wildman–Crippen LogP) is 3.47. The highest BCUT2D eigenvalue weighted by Gasteiger charge is 2.33. The lowest BCUT2D eigenvalue weighted by atomic mass is 10.1. The van der Waals surface area contributed by atoms with E-state index in [1.807, 2.05) is 51.1 Å². The number of nitrogens with one attached hydrogen (secondary N) is 1. The van der Waals surface area contributed by atoms with Crippen LogP contribution in [0.25, 0.3) is 5.57 Å². The second-order valence-corrected chi connectivity index (χ2v) is 12.3. The maximum absolute atomic E-state index is 11.5. The van der Waals surface area contributed by atoms with E-state index in [0.717, 1.165) is 5.56 Å². The van der Waals surface area contributed by atoms with E-state index >= 15 is 0 Å². The second kappa shape index (κ2) is 6.51. The highest BCUT2D eigenvalue weighted by Crippen LogP contribution is 2.23. The molecule has 1 N–H and O–H groups in total. The summed E-state index contributed by atoms with van der Waals surface area (Å²) in [4.78, 5) is 17.2. The molecule has 4 heteroatoms. The molecule has 0 aliphatic rings. The molecule has 20 heavy (non-hydrogen) atoms. The fourth-order valence-electron chi connectivity index (χ4n) is 1.81. The molecular weight excluding hydrogens is 266 g/mol. The number of hydrogen-bond acceptors (Lipinski definition) is 3. The molecule has 0 saturated heterocycles. The Morgan fingerprint density at radius 1 is 1.20 bits per heavy atom. The van der Waals surface area contributed by atoms with Crippen molar-refractivity contribution in [2.75, 3.05) is 0 Å². The van der Waals surface area contributed by atoms with Crippen molar-refractivity contribution >= 4 is 19.6 Å². The van der Waals surface area contributed by atoms with Gasteiger partial charge in [-0.15, -0.1) is 0 Å². The van der Waals surface area contributed by atoms with Crippen molar-refractivity contribution < 1.29 is 9.63 Å². The van der Waals surface area contributed by atoms with E-state index in [1.165, 1.54) is 0 Å². The molecular formula is C16H25NO2Si. The number of hydroxylamine groups is 1. The molecule has 1 rings (SSSR count). The Labute approximate surface area is 123 Å². The zero-order valence-electron chi connectivity index (χ0n) is 13.3. The minimum absolute atomic E-state index is 0.0957. The number of benzene rings is 1. The zero-order chi connectivity index (χ0) is 15.4. The molecule has 0 heterocycles. The predicted molar refractivity (Wildman–Crippen MR) is 86.7 cm³/mol. The summed E-state index contributed by atoms with van der Waals surface area (Å²) in [5.41, 5.74) is 4.26. The highest BCUT2D eigenvalue weighted by atomic mass is 28.3. The van der Waals surface area contributed by atoms with Crippen LogP contribution in [0.3, 0.4) is 0 Å². The van der Waals surface area contributed by atoms with Gasteiger partial charge >= 0.3 is 0 Å². The van der Waals surface area contributed by atoms with Crippen molar-refractivity contribution in [1.29, 1.82) is 0 Å². The lowest BCUT2D eigenvalue weighted by Gasteiger charge is -2.33. The Kier molecular flexibility index (Phi) is 5.48. The molecule has 0 aliphatic carbocycles. The Balaban J connectivity index is 3.07. The summed E-state index contributed by atoms with van der Waals surface area (Å²) < 4.78 is 0. The van der Waals surface area contributed by atoms with E-state index in [0.29, 0.717) is 5.57 Å². The first-order valence-corrected chi connectivity index (χ1v) is 10.5. The van der Waals surface area contributed by atoms with Gasteiger partial charge in [0.05, 0.1) is 24.9 Å². The van der Waals surface area contributed by atoms with Gasteiger partial charge < -0.3 is 0 Å². The molecule has 110 valence electrons. The van der Waals surface area contributed by atoms with Gasteiger partial charge in [-0.1, -0.05) is 50.0 Å². The summed E-state index contributed by atoms with van der Waals surface area (Å²) in [6.45, 7) is 12.6. The Morgan fingerprint density at radius 3 is 2.15 bits per heavy atom. The summed E-state index contributed by atoms with van der Waals surface area (Å²) >= 11 is 0. The van der Waals surface area contributed by atoms with Crippen molar-refractivity contribution in [3.8, 4) is 0 Å². The van der Waals surface area contributed by atoms with Gasteiger partial charge in [-0.25, -0.2) is 4.79 Å². The van der Waals surface area contributed by atoms with Crippen molar-refractivity contribution in [2.45, 2.75) is 51.7 Å². The summed E-state index contributed by atoms with van der Waals surface area (Å²) in [5.74, 6) is 2.12. The van der Waals surface area contributed by atoms with Crippen LogP contribution in [0.15, 0.2) is 30.3 Å². The third kappa shape index (κ3) is 5.06. The van der Waals surface area contributed by atoms with Crippen LogP contribution in [0.1, 0.15) is 26.3 Å². The number of carbonyl (C=O) groups excluding carboxylic acids is 1. The zero-order valence-corrected chi connectivity index (χ0v) is 14.3. The molecule has 0 radical (unpaired) electrons. The standard InChI is InChI=1S/C16H25NO2Si/c1-16(2,3)19-17-15(20(4,5)6)14(12-18)13-10-8-7-9-11-13/h7-11,15,17H,1-6H3. The maximum Gasteiger partial charge on any atom is 0.129 e. The highest BCUT2D eigenvalue weighted by molar-refractivity contribution is 6.79. The molecule has 0 spiro atoms. The van der Waals surface area contributed by atoms with Crippen LogP contribution < -0.4 is 5.48 Å². The van der Waals surface area contributed by atoms with Crippen LogP contribution in [-0.2, 0) is 9.63 Å². The van der Waals surface area contributed by atoms with Crippen LogP contribution in [-0.4, -0.2) is 25.3 Å². The third-order valence-electron chi connectivity index (χ3n) is 2.83. The van der Waals surface area contributed by atoms with E-state index in [4.69, 9.17) is 4.84 Å². The normalized spacial score (nSPS) is 13.7. The minimum Gasteiger partial charge on any atom is -0.296 e. The average Bonchev–Trinajstić information content (AvgIpc) is 2.32. The summed E-state index contributed by atoms with van der Waals surface area (Å²) in [7, 11) is -1.69. The van der Waals surface area contributed by atoms with E-state index < -0.39 is 8.07 Å². The molecule has 0 amide bonds.